The van der Waals surface area contributed by atoms with E-state index in [9.17, 15) is 4.79 Å². The molecule has 0 aromatic carbocycles. The van der Waals surface area contributed by atoms with Crippen LogP contribution in [0.2, 0.25) is 0 Å². The van der Waals surface area contributed by atoms with E-state index in [0.717, 1.165) is 5.56 Å². The lowest BCUT2D eigenvalue weighted by atomic mass is 10.2. The third kappa shape index (κ3) is 3.20. The number of hydrogen-bond acceptors (Lipinski definition) is 3. The molecule has 0 fully saturated rings. The number of methoxy groups -OCH3 is 1. The molecule has 0 spiro atoms. The van der Waals surface area contributed by atoms with Gasteiger partial charge in [0.2, 0.25) is 0 Å². The standard InChI is InChI=1S/C8H8ClNO2.ClH/c1-12-8(11)7-4-6(5-9)2-3-10-7;/h2-4H,5H2,1H3;1H. The van der Waals surface area contributed by atoms with Gasteiger partial charge in [0.15, 0.2) is 0 Å². The summed E-state index contributed by atoms with van der Waals surface area (Å²) in [6, 6.07) is 3.36. The van der Waals surface area contributed by atoms with Crippen LogP contribution >= 0.6 is 24.0 Å². The molecular formula is C8H9Cl2NO2. The zero-order valence-corrected chi connectivity index (χ0v) is 8.56. The lowest BCUT2D eigenvalue weighted by Crippen LogP contribution is -2.04. The second-order valence-corrected chi connectivity index (χ2v) is 2.44. The fourth-order valence-corrected chi connectivity index (χ4v) is 0.940. The highest BCUT2D eigenvalue weighted by Gasteiger charge is 2.06. The average molecular weight is 222 g/mol. The van der Waals surface area contributed by atoms with Gasteiger partial charge >= 0.3 is 5.97 Å². The zero-order valence-electron chi connectivity index (χ0n) is 6.99. The van der Waals surface area contributed by atoms with Gasteiger partial charge in [-0.15, -0.1) is 24.0 Å². The molecule has 0 radical (unpaired) electrons. The average Bonchev–Trinajstić information content (AvgIpc) is 2.17. The summed E-state index contributed by atoms with van der Waals surface area (Å²) in [5.41, 5.74) is 1.14. The molecule has 1 heterocycles. The SMILES string of the molecule is COC(=O)c1cc(CCl)ccn1.Cl. The predicted molar refractivity (Wildman–Crippen MR) is 52.4 cm³/mol. The van der Waals surface area contributed by atoms with Crippen LogP contribution in [-0.2, 0) is 10.6 Å². The normalized spacial score (nSPS) is 8.77. The molecule has 0 aliphatic heterocycles. The van der Waals surface area contributed by atoms with Crippen LogP contribution in [0.25, 0.3) is 0 Å². The van der Waals surface area contributed by atoms with Gasteiger partial charge in [-0.2, -0.15) is 0 Å². The Labute approximate surface area is 87.5 Å². The van der Waals surface area contributed by atoms with Gasteiger partial charge in [0.1, 0.15) is 5.69 Å². The molecule has 0 bridgehead atoms. The fourth-order valence-electron chi connectivity index (χ4n) is 0.774. The Balaban J connectivity index is 0.00000144. The molecule has 0 saturated heterocycles. The highest BCUT2D eigenvalue weighted by Crippen LogP contribution is 2.05. The fraction of sp³-hybridized carbons (Fsp3) is 0.250. The van der Waals surface area contributed by atoms with Crippen molar-refractivity contribution in [1.29, 1.82) is 0 Å². The van der Waals surface area contributed by atoms with Crippen molar-refractivity contribution >= 4 is 30.0 Å². The number of alkyl halides is 1. The summed E-state index contributed by atoms with van der Waals surface area (Å²) in [4.78, 5) is 14.8. The van der Waals surface area contributed by atoms with Crippen LogP contribution < -0.4 is 0 Å². The summed E-state index contributed by atoms with van der Waals surface area (Å²) in [6.45, 7) is 0. The van der Waals surface area contributed by atoms with Crippen molar-refractivity contribution in [3.05, 3.63) is 29.6 Å². The zero-order chi connectivity index (χ0) is 8.97. The molecule has 13 heavy (non-hydrogen) atoms. The third-order valence-corrected chi connectivity index (χ3v) is 1.68. The molecular weight excluding hydrogens is 213 g/mol. The number of ether oxygens (including phenoxy) is 1. The Morgan fingerprint density at radius 1 is 1.69 bits per heavy atom. The van der Waals surface area contributed by atoms with Crippen molar-refractivity contribution in [2.45, 2.75) is 5.88 Å². The third-order valence-electron chi connectivity index (χ3n) is 1.37. The van der Waals surface area contributed by atoms with Crippen molar-refractivity contribution in [3.63, 3.8) is 0 Å². The molecule has 1 aromatic rings. The van der Waals surface area contributed by atoms with E-state index in [1.54, 1.807) is 12.1 Å². The molecule has 1 aromatic heterocycles. The van der Waals surface area contributed by atoms with E-state index in [1.807, 2.05) is 0 Å². The van der Waals surface area contributed by atoms with Gasteiger partial charge in [-0.25, -0.2) is 9.78 Å². The van der Waals surface area contributed by atoms with Gasteiger partial charge < -0.3 is 4.74 Å². The smallest absolute Gasteiger partial charge is 0.356 e. The number of carbonyl (C=O) groups is 1. The van der Waals surface area contributed by atoms with Crippen LogP contribution in [0.5, 0.6) is 0 Å². The van der Waals surface area contributed by atoms with Crippen LogP contribution in [0.4, 0.5) is 0 Å². The molecule has 0 unspecified atom stereocenters. The molecule has 1 rings (SSSR count). The van der Waals surface area contributed by atoms with Gasteiger partial charge in [0.25, 0.3) is 0 Å². The van der Waals surface area contributed by atoms with Gasteiger partial charge in [-0.3, -0.25) is 0 Å². The summed E-state index contributed by atoms with van der Waals surface area (Å²) >= 11 is 5.57. The maximum atomic E-state index is 11.0. The van der Waals surface area contributed by atoms with Gasteiger partial charge in [0.05, 0.1) is 7.11 Å². The molecule has 0 saturated carbocycles. The van der Waals surface area contributed by atoms with Crippen molar-refractivity contribution < 1.29 is 9.53 Å². The minimum Gasteiger partial charge on any atom is -0.464 e. The van der Waals surface area contributed by atoms with Crippen LogP contribution in [0.15, 0.2) is 18.3 Å². The first kappa shape index (κ1) is 12.2. The minimum atomic E-state index is -0.443. The van der Waals surface area contributed by atoms with Crippen molar-refractivity contribution in [2.24, 2.45) is 0 Å². The molecule has 3 nitrogen and oxygen atoms in total. The first-order valence-corrected chi connectivity index (χ1v) is 3.90. The molecule has 72 valence electrons. The van der Waals surface area contributed by atoms with Crippen LogP contribution in [0.1, 0.15) is 16.1 Å². The summed E-state index contributed by atoms with van der Waals surface area (Å²) < 4.78 is 4.49. The van der Waals surface area contributed by atoms with Gasteiger partial charge in [-0.1, -0.05) is 0 Å². The minimum absolute atomic E-state index is 0. The van der Waals surface area contributed by atoms with Crippen molar-refractivity contribution in [1.82, 2.24) is 4.98 Å². The first-order chi connectivity index (χ1) is 5.77. The summed E-state index contributed by atoms with van der Waals surface area (Å²) in [6.07, 6.45) is 1.53. The van der Waals surface area contributed by atoms with E-state index in [2.05, 4.69) is 9.72 Å². The Morgan fingerprint density at radius 2 is 2.38 bits per heavy atom. The maximum absolute atomic E-state index is 11.0. The molecule has 0 atom stereocenters. The Kier molecular flexibility index (Phi) is 5.42. The molecule has 0 N–H and O–H groups in total. The van der Waals surface area contributed by atoms with Crippen LogP contribution in [0, 0.1) is 0 Å². The van der Waals surface area contributed by atoms with E-state index in [0.29, 0.717) is 5.88 Å². The maximum Gasteiger partial charge on any atom is 0.356 e. The molecule has 0 amide bonds. The van der Waals surface area contributed by atoms with Crippen molar-refractivity contribution in [3.8, 4) is 0 Å². The Hall–Kier alpha value is -0.800. The first-order valence-electron chi connectivity index (χ1n) is 3.37. The Morgan fingerprint density at radius 3 is 2.92 bits per heavy atom. The number of esters is 1. The van der Waals surface area contributed by atoms with E-state index in [-0.39, 0.29) is 18.1 Å². The van der Waals surface area contributed by atoms with E-state index >= 15 is 0 Å². The highest BCUT2D eigenvalue weighted by molar-refractivity contribution is 6.17. The summed E-state index contributed by atoms with van der Waals surface area (Å²) in [5, 5.41) is 0. The number of hydrogen-bond donors (Lipinski definition) is 0. The molecule has 0 aliphatic carbocycles. The van der Waals surface area contributed by atoms with E-state index in [4.69, 9.17) is 11.6 Å². The number of nitrogens with zero attached hydrogens (tertiary/aromatic N) is 1. The highest BCUT2D eigenvalue weighted by atomic mass is 35.5. The summed E-state index contributed by atoms with van der Waals surface area (Å²) in [7, 11) is 1.32. The number of rotatable bonds is 2. The van der Waals surface area contributed by atoms with Gasteiger partial charge in [0, 0.05) is 12.1 Å². The Bertz CT molecular complexity index is 291. The molecule has 5 heteroatoms. The lowest BCUT2D eigenvalue weighted by molar-refractivity contribution is 0.0594. The van der Waals surface area contributed by atoms with Gasteiger partial charge in [-0.05, 0) is 17.7 Å². The molecule has 0 aliphatic rings. The quantitative estimate of drug-likeness (QED) is 0.567. The second kappa shape index (κ2) is 5.78. The van der Waals surface area contributed by atoms with Crippen molar-refractivity contribution in [2.75, 3.05) is 7.11 Å². The summed E-state index contributed by atoms with van der Waals surface area (Å²) in [5.74, 6) is -0.0750. The largest absolute Gasteiger partial charge is 0.464 e. The van der Waals surface area contributed by atoms with E-state index in [1.165, 1.54) is 13.3 Å². The second-order valence-electron chi connectivity index (χ2n) is 2.17. The lowest BCUT2D eigenvalue weighted by Gasteiger charge is -1.98. The van der Waals surface area contributed by atoms with Crippen LogP contribution in [-0.4, -0.2) is 18.1 Å². The monoisotopic (exact) mass is 221 g/mol. The van der Waals surface area contributed by atoms with Crippen LogP contribution in [0.3, 0.4) is 0 Å². The predicted octanol–water partition coefficient (Wildman–Crippen LogP) is 2.03. The van der Waals surface area contributed by atoms with E-state index < -0.39 is 5.97 Å². The number of carbonyl (C=O) groups excluding carboxylic acids is 1. The number of aromatic nitrogens is 1. The number of halogens is 2. The number of pyridine rings is 1. The topological polar surface area (TPSA) is 39.2 Å².